The summed E-state index contributed by atoms with van der Waals surface area (Å²) < 4.78 is 16.9. The number of benzene rings is 3. The van der Waals surface area contributed by atoms with E-state index in [4.69, 9.17) is 13.9 Å². The molecule has 0 unspecified atom stereocenters. The zero-order chi connectivity index (χ0) is 25.8. The second-order valence-corrected chi connectivity index (χ2v) is 8.41. The summed E-state index contributed by atoms with van der Waals surface area (Å²) in [5.41, 5.74) is 6.34. The van der Waals surface area contributed by atoms with Crippen molar-refractivity contribution in [3.8, 4) is 22.6 Å². The van der Waals surface area contributed by atoms with Crippen LogP contribution in [0.5, 0.6) is 11.5 Å². The zero-order valence-electron chi connectivity index (χ0n) is 20.9. The van der Waals surface area contributed by atoms with Gasteiger partial charge in [-0.25, -0.2) is 0 Å². The highest BCUT2D eigenvalue weighted by Crippen LogP contribution is 2.40. The summed E-state index contributed by atoms with van der Waals surface area (Å²) in [6, 6.07) is 16.7. The Morgan fingerprint density at radius 1 is 0.889 bits per heavy atom. The van der Waals surface area contributed by atoms with Gasteiger partial charge in [0.05, 0.1) is 20.5 Å². The first-order chi connectivity index (χ1) is 17.3. The standard InChI is InChI=1S/C29H28N2O5/c1-17(14-27(33)31-22-10-8-21(9-11-22)30-19(3)32)24-15-25-26(20-6-12-23(34-4)13-7-20)16-36-29(25)18(2)28(24)35-5/h6-16H,1-5H3,(H,30,32)(H,31,33)/b17-14+. The van der Waals surface area contributed by atoms with Crippen LogP contribution in [0.15, 0.2) is 71.4 Å². The van der Waals surface area contributed by atoms with E-state index in [0.717, 1.165) is 44.5 Å². The molecule has 0 spiro atoms. The summed E-state index contributed by atoms with van der Waals surface area (Å²) >= 11 is 0. The first-order valence-corrected chi connectivity index (χ1v) is 11.4. The second-order valence-electron chi connectivity index (χ2n) is 8.41. The Morgan fingerprint density at radius 3 is 2.11 bits per heavy atom. The van der Waals surface area contributed by atoms with Gasteiger partial charge in [0.2, 0.25) is 11.8 Å². The normalized spacial score (nSPS) is 11.3. The Hall–Kier alpha value is -4.52. The lowest BCUT2D eigenvalue weighted by Gasteiger charge is -2.13. The molecular formula is C29H28N2O5. The van der Waals surface area contributed by atoms with Gasteiger partial charge in [0.15, 0.2) is 0 Å². The Balaban J connectivity index is 1.66. The van der Waals surface area contributed by atoms with Crippen molar-refractivity contribution >= 4 is 39.7 Å². The third-order valence-corrected chi connectivity index (χ3v) is 5.89. The Morgan fingerprint density at radius 2 is 1.53 bits per heavy atom. The lowest BCUT2D eigenvalue weighted by molar-refractivity contribution is -0.114. The van der Waals surface area contributed by atoms with Crippen LogP contribution in [0.4, 0.5) is 11.4 Å². The number of allylic oxidation sites excluding steroid dienone is 1. The van der Waals surface area contributed by atoms with Crippen LogP contribution in [-0.2, 0) is 9.59 Å². The number of nitrogens with one attached hydrogen (secondary N) is 2. The first kappa shape index (κ1) is 24.6. The molecule has 0 saturated heterocycles. The minimum absolute atomic E-state index is 0.153. The van der Waals surface area contributed by atoms with E-state index in [9.17, 15) is 9.59 Å². The average molecular weight is 485 g/mol. The predicted molar refractivity (Wildman–Crippen MR) is 143 cm³/mol. The van der Waals surface area contributed by atoms with E-state index < -0.39 is 0 Å². The highest BCUT2D eigenvalue weighted by Gasteiger charge is 2.19. The molecule has 0 aliphatic heterocycles. The van der Waals surface area contributed by atoms with E-state index in [0.29, 0.717) is 17.1 Å². The first-order valence-electron chi connectivity index (χ1n) is 11.4. The largest absolute Gasteiger partial charge is 0.497 e. The molecule has 0 atom stereocenters. The molecular weight excluding hydrogens is 456 g/mol. The van der Waals surface area contributed by atoms with Gasteiger partial charge >= 0.3 is 0 Å². The van der Waals surface area contributed by atoms with Gasteiger partial charge in [-0.2, -0.15) is 0 Å². The molecule has 3 aromatic carbocycles. The molecule has 1 heterocycles. The SMILES string of the molecule is COc1ccc(-c2coc3c(C)c(OC)c(/C(C)=C/C(=O)Nc4ccc(NC(C)=O)cc4)cc23)cc1. The predicted octanol–water partition coefficient (Wildman–Crippen LogP) is 6.43. The van der Waals surface area contributed by atoms with Crippen molar-refractivity contribution in [3.63, 3.8) is 0 Å². The number of furan rings is 1. The van der Waals surface area contributed by atoms with Crippen molar-refractivity contribution in [2.75, 3.05) is 24.9 Å². The summed E-state index contributed by atoms with van der Waals surface area (Å²) in [6.45, 7) is 5.26. The van der Waals surface area contributed by atoms with Gasteiger partial charge in [-0.3, -0.25) is 9.59 Å². The minimum Gasteiger partial charge on any atom is -0.497 e. The fourth-order valence-corrected chi connectivity index (χ4v) is 4.16. The molecule has 0 fully saturated rings. The number of methoxy groups -OCH3 is 2. The summed E-state index contributed by atoms with van der Waals surface area (Å²) in [5, 5.41) is 6.48. The third kappa shape index (κ3) is 5.10. The number of hydrogen-bond acceptors (Lipinski definition) is 5. The number of anilines is 2. The summed E-state index contributed by atoms with van der Waals surface area (Å²) in [5.74, 6) is 1.00. The monoisotopic (exact) mass is 484 g/mol. The highest BCUT2D eigenvalue weighted by atomic mass is 16.5. The van der Waals surface area contributed by atoms with Gasteiger partial charge in [0.25, 0.3) is 0 Å². The molecule has 1 aromatic heterocycles. The van der Waals surface area contributed by atoms with Gasteiger partial charge in [-0.1, -0.05) is 12.1 Å². The number of ether oxygens (including phenoxy) is 2. The van der Waals surface area contributed by atoms with E-state index in [-0.39, 0.29) is 11.8 Å². The highest BCUT2D eigenvalue weighted by molar-refractivity contribution is 6.06. The van der Waals surface area contributed by atoms with E-state index in [1.807, 2.05) is 44.2 Å². The number of hydrogen-bond donors (Lipinski definition) is 2. The molecule has 4 aromatic rings. The number of carbonyl (C=O) groups is 2. The van der Waals surface area contributed by atoms with Crippen molar-refractivity contribution in [3.05, 3.63) is 78.1 Å². The number of fused-ring (bicyclic) bond motifs is 1. The van der Waals surface area contributed by atoms with Crippen LogP contribution in [0.1, 0.15) is 25.0 Å². The van der Waals surface area contributed by atoms with Gasteiger partial charge in [-0.05, 0) is 67.4 Å². The van der Waals surface area contributed by atoms with E-state index in [1.54, 1.807) is 44.7 Å². The molecule has 184 valence electrons. The van der Waals surface area contributed by atoms with Crippen molar-refractivity contribution in [2.24, 2.45) is 0 Å². The smallest absolute Gasteiger partial charge is 0.248 e. The number of aryl methyl sites for hydroxylation is 1. The van der Waals surface area contributed by atoms with Gasteiger partial charge in [0.1, 0.15) is 17.1 Å². The molecule has 0 aliphatic carbocycles. The van der Waals surface area contributed by atoms with Gasteiger partial charge < -0.3 is 24.5 Å². The number of rotatable bonds is 7. The lowest BCUT2D eigenvalue weighted by atomic mass is 9.96. The Labute approximate surface area is 209 Å². The summed E-state index contributed by atoms with van der Waals surface area (Å²) in [7, 11) is 3.24. The molecule has 2 N–H and O–H groups in total. The maximum atomic E-state index is 12.8. The van der Waals surface area contributed by atoms with Crippen LogP contribution in [0.3, 0.4) is 0 Å². The van der Waals surface area contributed by atoms with Crippen LogP contribution >= 0.6 is 0 Å². The topological polar surface area (TPSA) is 89.8 Å². The van der Waals surface area contributed by atoms with Crippen molar-refractivity contribution < 1.29 is 23.5 Å². The molecule has 0 aliphatic rings. The summed E-state index contributed by atoms with van der Waals surface area (Å²) in [6.07, 6.45) is 3.27. The lowest BCUT2D eigenvalue weighted by Crippen LogP contribution is -2.09. The maximum absolute atomic E-state index is 12.8. The van der Waals surface area contributed by atoms with E-state index >= 15 is 0 Å². The van der Waals surface area contributed by atoms with Crippen LogP contribution in [-0.4, -0.2) is 26.0 Å². The van der Waals surface area contributed by atoms with Crippen molar-refractivity contribution in [1.82, 2.24) is 0 Å². The number of amides is 2. The third-order valence-electron chi connectivity index (χ3n) is 5.89. The van der Waals surface area contributed by atoms with Crippen molar-refractivity contribution in [1.29, 1.82) is 0 Å². The Bertz CT molecular complexity index is 1450. The average Bonchev–Trinajstić information content (AvgIpc) is 3.29. The zero-order valence-corrected chi connectivity index (χ0v) is 20.9. The van der Waals surface area contributed by atoms with Crippen molar-refractivity contribution in [2.45, 2.75) is 20.8 Å². The molecule has 4 rings (SSSR count). The quantitative estimate of drug-likeness (QED) is 0.295. The molecule has 7 nitrogen and oxygen atoms in total. The van der Waals surface area contributed by atoms with Gasteiger partial charge in [-0.15, -0.1) is 0 Å². The fraction of sp³-hybridized carbons (Fsp3) is 0.172. The molecule has 0 radical (unpaired) electrons. The van der Waals surface area contributed by atoms with Crippen LogP contribution in [0, 0.1) is 6.92 Å². The molecule has 0 bridgehead atoms. The minimum atomic E-state index is -0.276. The number of carbonyl (C=O) groups excluding carboxylic acids is 2. The summed E-state index contributed by atoms with van der Waals surface area (Å²) in [4.78, 5) is 24.0. The van der Waals surface area contributed by atoms with Crippen LogP contribution < -0.4 is 20.1 Å². The van der Waals surface area contributed by atoms with E-state index in [1.165, 1.54) is 13.0 Å². The van der Waals surface area contributed by atoms with Gasteiger partial charge in [0, 0.05) is 46.5 Å². The molecule has 7 heteroatoms. The fourth-order valence-electron chi connectivity index (χ4n) is 4.16. The second kappa shape index (κ2) is 10.4. The maximum Gasteiger partial charge on any atom is 0.248 e. The Kier molecular flexibility index (Phi) is 7.10. The van der Waals surface area contributed by atoms with E-state index in [2.05, 4.69) is 10.6 Å². The molecule has 2 amide bonds. The molecule has 36 heavy (non-hydrogen) atoms. The molecule has 0 saturated carbocycles. The van der Waals surface area contributed by atoms with Crippen LogP contribution in [0.25, 0.3) is 27.7 Å². The van der Waals surface area contributed by atoms with Crippen LogP contribution in [0.2, 0.25) is 0 Å².